The second-order valence-electron chi connectivity index (χ2n) is 4.40. The van der Waals surface area contributed by atoms with Gasteiger partial charge in [-0.2, -0.15) is 0 Å². The van der Waals surface area contributed by atoms with E-state index in [4.69, 9.17) is 5.73 Å². The quantitative estimate of drug-likeness (QED) is 0.638. The van der Waals surface area contributed by atoms with Gasteiger partial charge in [0, 0.05) is 6.54 Å². The molecule has 2 N–H and O–H groups in total. The van der Waals surface area contributed by atoms with Crippen molar-refractivity contribution in [3.63, 3.8) is 0 Å². The fourth-order valence-electron chi connectivity index (χ4n) is 2.06. The summed E-state index contributed by atoms with van der Waals surface area (Å²) in [6.45, 7) is 7.19. The molecule has 2 nitrogen and oxygen atoms in total. The lowest BCUT2D eigenvalue weighted by Crippen LogP contribution is -2.21. The molecule has 0 aromatic carbocycles. The summed E-state index contributed by atoms with van der Waals surface area (Å²) in [5.41, 5.74) is 5.44. The fraction of sp³-hybridized carbons (Fsp3) is 1.00. The van der Waals surface area contributed by atoms with Crippen LogP contribution in [0.1, 0.15) is 39.0 Å². The average molecular weight is 184 g/mol. The molecule has 0 aliphatic carbocycles. The van der Waals surface area contributed by atoms with Crippen LogP contribution < -0.4 is 5.73 Å². The van der Waals surface area contributed by atoms with Crippen molar-refractivity contribution in [2.75, 3.05) is 26.2 Å². The van der Waals surface area contributed by atoms with Gasteiger partial charge in [0.25, 0.3) is 0 Å². The minimum Gasteiger partial charge on any atom is -0.330 e. The zero-order valence-corrected chi connectivity index (χ0v) is 8.97. The topological polar surface area (TPSA) is 29.3 Å². The third-order valence-corrected chi connectivity index (χ3v) is 2.94. The van der Waals surface area contributed by atoms with Gasteiger partial charge in [-0.15, -0.1) is 0 Å². The number of unbranched alkanes of at least 4 members (excludes halogenated alkanes) is 3. The standard InChI is InChI=1S/C11H24N2/c1-11-6-9-13(10-11)8-5-3-2-4-7-12/h11H,2-10,12H2,1H3. The lowest BCUT2D eigenvalue weighted by atomic mass is 10.2. The summed E-state index contributed by atoms with van der Waals surface area (Å²) in [5, 5.41) is 0. The molecule has 0 aromatic heterocycles. The maximum atomic E-state index is 5.44. The van der Waals surface area contributed by atoms with Crippen molar-refractivity contribution in [1.29, 1.82) is 0 Å². The molecule has 1 rings (SSSR count). The Kier molecular flexibility index (Phi) is 5.40. The molecule has 13 heavy (non-hydrogen) atoms. The second-order valence-corrected chi connectivity index (χ2v) is 4.40. The van der Waals surface area contributed by atoms with Crippen LogP contribution in [-0.4, -0.2) is 31.1 Å². The molecule has 1 aliphatic rings. The smallest absolute Gasteiger partial charge is 0.000750 e. The van der Waals surface area contributed by atoms with Crippen LogP contribution in [0.3, 0.4) is 0 Å². The van der Waals surface area contributed by atoms with Gasteiger partial charge < -0.3 is 10.6 Å². The van der Waals surface area contributed by atoms with Crippen LogP contribution in [0.5, 0.6) is 0 Å². The molecule has 1 heterocycles. The molecule has 0 aromatic rings. The molecule has 2 heteroatoms. The van der Waals surface area contributed by atoms with Gasteiger partial charge in [0.05, 0.1) is 0 Å². The Morgan fingerprint density at radius 3 is 2.62 bits per heavy atom. The Balaban J connectivity index is 1.88. The highest BCUT2D eigenvalue weighted by molar-refractivity contribution is 4.71. The number of rotatable bonds is 6. The lowest BCUT2D eigenvalue weighted by molar-refractivity contribution is 0.318. The summed E-state index contributed by atoms with van der Waals surface area (Å²) in [4.78, 5) is 2.60. The molecule has 1 saturated heterocycles. The molecule has 0 radical (unpaired) electrons. The van der Waals surface area contributed by atoms with Crippen LogP contribution in [0.15, 0.2) is 0 Å². The second kappa shape index (κ2) is 6.39. The van der Waals surface area contributed by atoms with Gasteiger partial charge in [0.2, 0.25) is 0 Å². The number of nitrogens with zero attached hydrogens (tertiary/aromatic N) is 1. The van der Waals surface area contributed by atoms with E-state index < -0.39 is 0 Å². The molecule has 0 bridgehead atoms. The van der Waals surface area contributed by atoms with Crippen molar-refractivity contribution < 1.29 is 0 Å². The summed E-state index contributed by atoms with van der Waals surface area (Å²) in [5.74, 6) is 0.934. The third kappa shape index (κ3) is 4.63. The van der Waals surface area contributed by atoms with Gasteiger partial charge >= 0.3 is 0 Å². The third-order valence-electron chi connectivity index (χ3n) is 2.94. The van der Waals surface area contributed by atoms with E-state index in [2.05, 4.69) is 11.8 Å². The summed E-state index contributed by atoms with van der Waals surface area (Å²) in [6, 6.07) is 0. The van der Waals surface area contributed by atoms with Gasteiger partial charge in [-0.1, -0.05) is 19.8 Å². The van der Waals surface area contributed by atoms with Crippen LogP contribution in [0, 0.1) is 5.92 Å². The first-order chi connectivity index (χ1) is 6.33. The van der Waals surface area contributed by atoms with Crippen molar-refractivity contribution in [3.05, 3.63) is 0 Å². The Morgan fingerprint density at radius 1 is 1.23 bits per heavy atom. The van der Waals surface area contributed by atoms with Gasteiger partial charge in [0.15, 0.2) is 0 Å². The van der Waals surface area contributed by atoms with E-state index in [1.54, 1.807) is 0 Å². The largest absolute Gasteiger partial charge is 0.330 e. The zero-order chi connectivity index (χ0) is 9.52. The van der Waals surface area contributed by atoms with Crippen LogP contribution >= 0.6 is 0 Å². The highest BCUT2D eigenvalue weighted by Gasteiger charge is 2.17. The Hall–Kier alpha value is -0.0800. The van der Waals surface area contributed by atoms with E-state index in [1.807, 2.05) is 0 Å². The first-order valence-corrected chi connectivity index (χ1v) is 5.75. The first kappa shape index (κ1) is 11.0. The molecule has 1 atom stereocenters. The van der Waals surface area contributed by atoms with E-state index >= 15 is 0 Å². The summed E-state index contributed by atoms with van der Waals surface area (Å²) >= 11 is 0. The zero-order valence-electron chi connectivity index (χ0n) is 8.97. The van der Waals surface area contributed by atoms with E-state index in [0.717, 1.165) is 12.5 Å². The number of likely N-dealkylation sites (tertiary alicyclic amines) is 1. The molecule has 0 spiro atoms. The van der Waals surface area contributed by atoms with E-state index in [1.165, 1.54) is 51.7 Å². The Labute approximate surface area is 82.5 Å². The monoisotopic (exact) mass is 184 g/mol. The number of hydrogen-bond acceptors (Lipinski definition) is 2. The van der Waals surface area contributed by atoms with Gasteiger partial charge in [-0.05, 0) is 44.8 Å². The van der Waals surface area contributed by atoms with Gasteiger partial charge in [-0.3, -0.25) is 0 Å². The predicted molar refractivity (Wildman–Crippen MR) is 57.7 cm³/mol. The molecule has 1 fully saturated rings. The average Bonchev–Trinajstić information content (AvgIpc) is 2.51. The summed E-state index contributed by atoms with van der Waals surface area (Å²) in [7, 11) is 0. The molecule has 1 aliphatic heterocycles. The molecular formula is C11H24N2. The normalized spacial score (nSPS) is 24.0. The van der Waals surface area contributed by atoms with Crippen molar-refractivity contribution in [2.24, 2.45) is 11.7 Å². The predicted octanol–water partition coefficient (Wildman–Crippen LogP) is 1.85. The molecular weight excluding hydrogens is 160 g/mol. The maximum Gasteiger partial charge on any atom is 0.000750 e. The first-order valence-electron chi connectivity index (χ1n) is 5.75. The molecule has 0 saturated carbocycles. The van der Waals surface area contributed by atoms with Crippen molar-refractivity contribution >= 4 is 0 Å². The Bertz CT molecular complexity index is 125. The van der Waals surface area contributed by atoms with Crippen LogP contribution in [0.2, 0.25) is 0 Å². The van der Waals surface area contributed by atoms with E-state index in [-0.39, 0.29) is 0 Å². The van der Waals surface area contributed by atoms with Crippen molar-refractivity contribution in [1.82, 2.24) is 4.90 Å². The minimum atomic E-state index is 0.862. The maximum absolute atomic E-state index is 5.44. The molecule has 78 valence electrons. The number of nitrogens with two attached hydrogens (primary N) is 1. The Morgan fingerprint density at radius 2 is 2.00 bits per heavy atom. The van der Waals surface area contributed by atoms with E-state index in [9.17, 15) is 0 Å². The van der Waals surface area contributed by atoms with Gasteiger partial charge in [-0.25, -0.2) is 0 Å². The lowest BCUT2D eigenvalue weighted by Gasteiger charge is -2.14. The van der Waals surface area contributed by atoms with E-state index in [0.29, 0.717) is 0 Å². The van der Waals surface area contributed by atoms with Crippen molar-refractivity contribution in [2.45, 2.75) is 39.0 Å². The van der Waals surface area contributed by atoms with Gasteiger partial charge in [0.1, 0.15) is 0 Å². The summed E-state index contributed by atoms with van der Waals surface area (Å²) in [6.07, 6.45) is 6.66. The van der Waals surface area contributed by atoms with Crippen LogP contribution in [-0.2, 0) is 0 Å². The molecule has 1 unspecified atom stereocenters. The highest BCUT2D eigenvalue weighted by Crippen LogP contribution is 2.15. The summed E-state index contributed by atoms with van der Waals surface area (Å²) < 4.78 is 0. The highest BCUT2D eigenvalue weighted by atomic mass is 15.1. The minimum absolute atomic E-state index is 0.862. The fourth-order valence-corrected chi connectivity index (χ4v) is 2.06. The SMILES string of the molecule is CC1CCN(CCCCCCN)C1. The van der Waals surface area contributed by atoms with Crippen molar-refractivity contribution in [3.8, 4) is 0 Å². The number of hydrogen-bond donors (Lipinski definition) is 1. The molecule has 0 amide bonds. The van der Waals surface area contributed by atoms with Crippen LogP contribution in [0.25, 0.3) is 0 Å². The van der Waals surface area contributed by atoms with Crippen LogP contribution in [0.4, 0.5) is 0 Å².